The molecule has 1 heterocycles. The number of aliphatic hydroxyl groups is 1. The van der Waals surface area contributed by atoms with Gasteiger partial charge >= 0.3 is 0 Å². The smallest absolute Gasteiger partial charge is 0.150 e. The van der Waals surface area contributed by atoms with Crippen molar-refractivity contribution < 1.29 is 13.5 Å². The zero-order chi connectivity index (χ0) is 11.8. The van der Waals surface area contributed by atoms with Crippen molar-refractivity contribution in [1.29, 1.82) is 0 Å². The Morgan fingerprint density at radius 3 is 2.75 bits per heavy atom. The van der Waals surface area contributed by atoms with Crippen molar-refractivity contribution in [2.24, 2.45) is 5.92 Å². The summed E-state index contributed by atoms with van der Waals surface area (Å²) in [5, 5.41) is 10.6. The second-order valence-electron chi connectivity index (χ2n) is 4.16. The van der Waals surface area contributed by atoms with Gasteiger partial charge in [0.1, 0.15) is 0 Å². The summed E-state index contributed by atoms with van der Waals surface area (Å²) in [7, 11) is -2.95. The molecule has 1 aromatic carbocycles. The average molecular weight is 261 g/mol. The van der Waals surface area contributed by atoms with E-state index in [0.29, 0.717) is 17.0 Å². The van der Waals surface area contributed by atoms with Crippen molar-refractivity contribution in [3.05, 3.63) is 34.9 Å². The molecule has 88 valence electrons. The van der Waals surface area contributed by atoms with Crippen molar-refractivity contribution in [1.82, 2.24) is 0 Å². The predicted molar refractivity (Wildman–Crippen MR) is 63.2 cm³/mol. The molecule has 0 bridgehead atoms. The third kappa shape index (κ3) is 2.56. The summed E-state index contributed by atoms with van der Waals surface area (Å²) in [4.78, 5) is 0. The SMILES string of the molecule is O=S1(=O)CCC(C(O)c2cccc(Cl)c2)C1. The molecule has 0 aliphatic carbocycles. The van der Waals surface area contributed by atoms with Gasteiger partial charge in [-0.3, -0.25) is 0 Å². The van der Waals surface area contributed by atoms with Crippen LogP contribution in [0.3, 0.4) is 0 Å². The Labute approximate surface area is 100.0 Å². The fourth-order valence-electron chi connectivity index (χ4n) is 2.04. The van der Waals surface area contributed by atoms with Crippen LogP contribution < -0.4 is 0 Å². The maximum Gasteiger partial charge on any atom is 0.150 e. The van der Waals surface area contributed by atoms with Gasteiger partial charge in [-0.05, 0) is 24.1 Å². The second kappa shape index (κ2) is 4.35. The maximum atomic E-state index is 11.3. The summed E-state index contributed by atoms with van der Waals surface area (Å²) in [6.07, 6.45) is -0.216. The molecule has 1 fully saturated rings. The Morgan fingerprint density at radius 2 is 2.19 bits per heavy atom. The van der Waals surface area contributed by atoms with E-state index >= 15 is 0 Å². The van der Waals surface area contributed by atoms with Crippen LogP contribution in [-0.2, 0) is 9.84 Å². The molecule has 1 aliphatic rings. The van der Waals surface area contributed by atoms with Gasteiger partial charge in [-0.25, -0.2) is 8.42 Å². The maximum absolute atomic E-state index is 11.3. The number of hydrogen-bond acceptors (Lipinski definition) is 3. The quantitative estimate of drug-likeness (QED) is 0.882. The molecule has 1 aliphatic heterocycles. The molecule has 0 saturated carbocycles. The van der Waals surface area contributed by atoms with Gasteiger partial charge in [-0.2, -0.15) is 0 Å². The minimum Gasteiger partial charge on any atom is -0.388 e. The van der Waals surface area contributed by atoms with E-state index in [-0.39, 0.29) is 17.4 Å². The molecular weight excluding hydrogens is 248 g/mol. The Hall–Kier alpha value is -0.580. The molecule has 0 aromatic heterocycles. The van der Waals surface area contributed by atoms with Gasteiger partial charge in [0, 0.05) is 10.9 Å². The first-order valence-electron chi connectivity index (χ1n) is 5.12. The summed E-state index contributed by atoms with van der Waals surface area (Å²) < 4.78 is 22.6. The molecule has 0 spiro atoms. The Balaban J connectivity index is 2.17. The van der Waals surface area contributed by atoms with Crippen molar-refractivity contribution in [3.8, 4) is 0 Å². The van der Waals surface area contributed by atoms with Crippen LogP contribution in [0.2, 0.25) is 5.02 Å². The van der Waals surface area contributed by atoms with Crippen LogP contribution in [0, 0.1) is 5.92 Å². The normalized spacial score (nSPS) is 25.5. The van der Waals surface area contributed by atoms with Gasteiger partial charge in [0.05, 0.1) is 17.6 Å². The van der Waals surface area contributed by atoms with Crippen molar-refractivity contribution >= 4 is 21.4 Å². The standard InChI is InChI=1S/C11H13ClO3S/c12-10-3-1-2-8(6-10)11(13)9-4-5-16(14,15)7-9/h1-3,6,9,11,13H,4-5,7H2. The molecule has 5 heteroatoms. The monoisotopic (exact) mass is 260 g/mol. The van der Waals surface area contributed by atoms with E-state index in [1.807, 2.05) is 0 Å². The van der Waals surface area contributed by atoms with E-state index in [1.165, 1.54) is 0 Å². The van der Waals surface area contributed by atoms with Gasteiger partial charge in [-0.1, -0.05) is 23.7 Å². The van der Waals surface area contributed by atoms with Crippen LogP contribution >= 0.6 is 11.6 Å². The molecule has 0 radical (unpaired) electrons. The van der Waals surface area contributed by atoms with Gasteiger partial charge in [-0.15, -0.1) is 0 Å². The van der Waals surface area contributed by atoms with E-state index in [1.54, 1.807) is 24.3 Å². The molecule has 2 unspecified atom stereocenters. The molecule has 16 heavy (non-hydrogen) atoms. The lowest BCUT2D eigenvalue weighted by atomic mass is 9.95. The predicted octanol–water partition coefficient (Wildman–Crippen LogP) is 1.81. The fraction of sp³-hybridized carbons (Fsp3) is 0.455. The third-order valence-corrected chi connectivity index (χ3v) is 4.93. The number of sulfone groups is 1. The zero-order valence-corrected chi connectivity index (χ0v) is 10.2. The molecular formula is C11H13ClO3S. The lowest BCUT2D eigenvalue weighted by Gasteiger charge is -2.16. The van der Waals surface area contributed by atoms with Gasteiger partial charge in [0.25, 0.3) is 0 Å². The second-order valence-corrected chi connectivity index (χ2v) is 6.83. The largest absolute Gasteiger partial charge is 0.388 e. The third-order valence-electron chi connectivity index (χ3n) is 2.90. The van der Waals surface area contributed by atoms with E-state index in [0.717, 1.165) is 0 Å². The number of aliphatic hydroxyl groups excluding tert-OH is 1. The number of halogens is 1. The summed E-state index contributed by atoms with van der Waals surface area (Å²) in [5.41, 5.74) is 0.689. The van der Waals surface area contributed by atoms with Gasteiger partial charge in [0.2, 0.25) is 0 Å². The van der Waals surface area contributed by atoms with Crippen LogP contribution in [-0.4, -0.2) is 25.0 Å². The highest BCUT2D eigenvalue weighted by Gasteiger charge is 2.33. The fourth-order valence-corrected chi connectivity index (χ4v) is 4.06. The molecule has 1 N–H and O–H groups in total. The molecule has 3 nitrogen and oxygen atoms in total. The summed E-state index contributed by atoms with van der Waals surface area (Å²) in [6, 6.07) is 6.92. The van der Waals surface area contributed by atoms with Crippen LogP contribution in [0.15, 0.2) is 24.3 Å². The molecule has 1 saturated heterocycles. The average Bonchev–Trinajstić information content (AvgIpc) is 2.58. The minimum absolute atomic E-state index is 0.0701. The van der Waals surface area contributed by atoms with Crippen LogP contribution in [0.5, 0.6) is 0 Å². The molecule has 0 amide bonds. The Kier molecular flexibility index (Phi) is 3.24. The summed E-state index contributed by atoms with van der Waals surface area (Å²) >= 11 is 5.82. The van der Waals surface area contributed by atoms with Crippen molar-refractivity contribution in [2.45, 2.75) is 12.5 Å². The van der Waals surface area contributed by atoms with Crippen LogP contribution in [0.1, 0.15) is 18.1 Å². The highest BCUT2D eigenvalue weighted by atomic mass is 35.5. The Bertz CT molecular complexity index is 484. The van der Waals surface area contributed by atoms with Crippen molar-refractivity contribution in [3.63, 3.8) is 0 Å². The first-order valence-corrected chi connectivity index (χ1v) is 7.32. The number of rotatable bonds is 2. The minimum atomic E-state index is -2.95. The first-order chi connectivity index (χ1) is 7.48. The molecule has 2 atom stereocenters. The number of benzene rings is 1. The highest BCUT2D eigenvalue weighted by Crippen LogP contribution is 2.32. The van der Waals surface area contributed by atoms with E-state index < -0.39 is 15.9 Å². The zero-order valence-electron chi connectivity index (χ0n) is 8.64. The summed E-state index contributed by atoms with van der Waals surface area (Å²) in [5.74, 6) is 0.0409. The van der Waals surface area contributed by atoms with Crippen LogP contribution in [0.4, 0.5) is 0 Å². The number of hydrogen-bond donors (Lipinski definition) is 1. The lowest BCUT2D eigenvalue weighted by Crippen LogP contribution is -2.14. The van der Waals surface area contributed by atoms with Gasteiger partial charge < -0.3 is 5.11 Å². The highest BCUT2D eigenvalue weighted by molar-refractivity contribution is 7.91. The topological polar surface area (TPSA) is 54.4 Å². The summed E-state index contributed by atoms with van der Waals surface area (Å²) in [6.45, 7) is 0. The Morgan fingerprint density at radius 1 is 1.44 bits per heavy atom. The lowest BCUT2D eigenvalue weighted by molar-refractivity contribution is 0.121. The van der Waals surface area contributed by atoms with Crippen LogP contribution in [0.25, 0.3) is 0 Å². The molecule has 2 rings (SSSR count). The van der Waals surface area contributed by atoms with Crippen molar-refractivity contribution in [2.75, 3.05) is 11.5 Å². The van der Waals surface area contributed by atoms with Gasteiger partial charge in [0.15, 0.2) is 9.84 Å². The molecule has 1 aromatic rings. The first kappa shape index (κ1) is 11.9. The van der Waals surface area contributed by atoms with E-state index in [2.05, 4.69) is 0 Å². The van der Waals surface area contributed by atoms with E-state index in [9.17, 15) is 13.5 Å². The van der Waals surface area contributed by atoms with E-state index in [4.69, 9.17) is 11.6 Å².